The van der Waals surface area contributed by atoms with Crippen molar-refractivity contribution >= 4 is 16.9 Å². The number of hydrogen-bond donors (Lipinski definition) is 2. The van der Waals surface area contributed by atoms with Gasteiger partial charge in [0.25, 0.3) is 0 Å². The summed E-state index contributed by atoms with van der Waals surface area (Å²) in [6.07, 6.45) is 0.0735. The Morgan fingerprint density at radius 3 is 2.47 bits per heavy atom. The van der Waals surface area contributed by atoms with E-state index in [1.165, 1.54) is 37.4 Å². The lowest BCUT2D eigenvalue weighted by atomic mass is 9.81. The molecule has 0 aliphatic heterocycles. The Kier molecular flexibility index (Phi) is 6.19. The number of fused-ring (bicyclic) bond motifs is 1. The molecule has 0 amide bonds. The fraction of sp³-hybridized carbons (Fsp3) is 0.214. The molecule has 0 fully saturated rings. The molecule has 0 saturated carbocycles. The van der Waals surface area contributed by atoms with Crippen LogP contribution < -0.4 is 4.74 Å². The second kappa shape index (κ2) is 9.00. The fourth-order valence-corrected chi connectivity index (χ4v) is 4.68. The zero-order chi connectivity index (χ0) is 26.4. The van der Waals surface area contributed by atoms with E-state index >= 15 is 0 Å². The van der Waals surface area contributed by atoms with Crippen molar-refractivity contribution in [1.29, 1.82) is 5.26 Å². The third-order valence-electron chi connectivity index (χ3n) is 6.31. The van der Waals surface area contributed by atoms with Gasteiger partial charge in [-0.15, -0.1) is 0 Å². The first kappa shape index (κ1) is 24.7. The van der Waals surface area contributed by atoms with Crippen molar-refractivity contribution in [3.05, 3.63) is 77.0 Å². The molecule has 0 aliphatic rings. The van der Waals surface area contributed by atoms with E-state index in [1.807, 2.05) is 13.8 Å². The topological polar surface area (TPSA) is 95.5 Å². The van der Waals surface area contributed by atoms with E-state index in [1.54, 1.807) is 23.6 Å². The normalized spacial score (nSPS) is 11.5. The van der Waals surface area contributed by atoms with E-state index in [0.717, 1.165) is 6.07 Å². The van der Waals surface area contributed by atoms with Crippen LogP contribution in [0.4, 0.5) is 8.78 Å². The van der Waals surface area contributed by atoms with E-state index < -0.39 is 23.0 Å². The number of carbonyl (C=O) groups is 1. The number of halogens is 2. The van der Waals surface area contributed by atoms with Gasteiger partial charge in [-0.25, -0.2) is 13.6 Å². The molecule has 1 heterocycles. The Morgan fingerprint density at radius 2 is 1.86 bits per heavy atom. The predicted octanol–water partition coefficient (Wildman–Crippen LogP) is 6.49. The number of hydrogen-bond acceptors (Lipinski definition) is 4. The van der Waals surface area contributed by atoms with Gasteiger partial charge >= 0.3 is 5.97 Å². The summed E-state index contributed by atoms with van der Waals surface area (Å²) in [5, 5.41) is 30.4. The van der Waals surface area contributed by atoms with E-state index in [-0.39, 0.29) is 23.5 Å². The highest BCUT2D eigenvalue weighted by molar-refractivity contribution is 6.04. The van der Waals surface area contributed by atoms with Gasteiger partial charge in [0.15, 0.2) is 11.6 Å². The minimum atomic E-state index is -1.07. The van der Waals surface area contributed by atoms with Gasteiger partial charge in [0.1, 0.15) is 11.6 Å². The maximum atomic E-state index is 14.6. The molecule has 0 atom stereocenters. The van der Waals surface area contributed by atoms with Crippen molar-refractivity contribution in [3.63, 3.8) is 0 Å². The molecule has 0 radical (unpaired) electrons. The molecule has 2 N–H and O–H groups in total. The van der Waals surface area contributed by atoms with Crippen LogP contribution in [0.3, 0.4) is 0 Å². The van der Waals surface area contributed by atoms with Crippen molar-refractivity contribution < 1.29 is 28.5 Å². The van der Waals surface area contributed by atoms with Gasteiger partial charge in [0.05, 0.1) is 29.6 Å². The number of carboxylic acids is 1. The number of rotatable bonds is 6. The van der Waals surface area contributed by atoms with Crippen LogP contribution in [0.5, 0.6) is 11.5 Å². The maximum Gasteiger partial charge on any atom is 0.335 e. The van der Waals surface area contributed by atoms with Crippen LogP contribution in [-0.4, -0.2) is 27.9 Å². The molecule has 36 heavy (non-hydrogen) atoms. The quantitative estimate of drug-likeness (QED) is 0.322. The van der Waals surface area contributed by atoms with Crippen LogP contribution in [0.25, 0.3) is 27.7 Å². The van der Waals surface area contributed by atoms with Gasteiger partial charge in [-0.2, -0.15) is 5.26 Å². The Morgan fingerprint density at radius 1 is 1.14 bits per heavy atom. The molecule has 4 aromatic rings. The van der Waals surface area contributed by atoms with Crippen LogP contribution >= 0.6 is 0 Å². The number of carboxylic acid groups (broad SMARTS) is 1. The van der Waals surface area contributed by atoms with Crippen LogP contribution in [0.1, 0.15) is 41.9 Å². The van der Waals surface area contributed by atoms with Crippen molar-refractivity contribution in [2.24, 2.45) is 0 Å². The first-order chi connectivity index (χ1) is 17.0. The zero-order valence-corrected chi connectivity index (χ0v) is 20.2. The highest BCUT2D eigenvalue weighted by Gasteiger charge is 2.33. The van der Waals surface area contributed by atoms with E-state index in [4.69, 9.17) is 4.74 Å². The second-order valence-corrected chi connectivity index (χ2v) is 9.25. The van der Waals surface area contributed by atoms with Crippen molar-refractivity contribution in [2.75, 3.05) is 7.11 Å². The monoisotopic (exact) mass is 490 g/mol. The molecule has 8 heteroatoms. The minimum Gasteiger partial charge on any atom is -0.507 e. The van der Waals surface area contributed by atoms with E-state index in [2.05, 4.69) is 6.07 Å². The standard InChI is InChI=1S/C28H24F2N2O4/c1-15-11-16(5-7-19(15)27(34)35)24-25-21(12-17(29)13-22(25)33)32(26(24)28(2,3)9-10-31)18-6-8-20(30)23(14-18)36-4/h5-8,11-14,33H,9H2,1-4H3,(H,34,35). The zero-order valence-electron chi connectivity index (χ0n) is 20.2. The van der Waals surface area contributed by atoms with Gasteiger partial charge in [0, 0.05) is 40.9 Å². The molecule has 4 rings (SSSR count). The number of nitrogens with zero attached hydrogens (tertiary/aromatic N) is 2. The largest absolute Gasteiger partial charge is 0.507 e. The Labute approximate surface area is 206 Å². The highest BCUT2D eigenvalue weighted by Crippen LogP contribution is 2.47. The molecule has 1 aromatic heterocycles. The van der Waals surface area contributed by atoms with Gasteiger partial charge in [-0.1, -0.05) is 26.0 Å². The number of benzene rings is 3. The molecule has 0 saturated heterocycles. The number of aryl methyl sites for hydroxylation is 1. The molecule has 0 bridgehead atoms. The summed E-state index contributed by atoms with van der Waals surface area (Å²) in [6, 6.07) is 13.4. The maximum absolute atomic E-state index is 14.6. The molecule has 6 nitrogen and oxygen atoms in total. The SMILES string of the molecule is COc1cc(-n2c(C(C)(C)CC#N)c(-c3ccc(C(=O)O)c(C)c3)c3c(O)cc(F)cc32)ccc1F. The summed E-state index contributed by atoms with van der Waals surface area (Å²) in [5.41, 5.74) is 2.20. The van der Waals surface area contributed by atoms with E-state index in [9.17, 15) is 29.1 Å². The van der Waals surface area contributed by atoms with Crippen molar-refractivity contribution in [3.8, 4) is 34.4 Å². The molecule has 3 aromatic carbocycles. The molecule has 0 unspecified atom stereocenters. The summed E-state index contributed by atoms with van der Waals surface area (Å²) in [7, 11) is 1.33. The highest BCUT2D eigenvalue weighted by atomic mass is 19.1. The first-order valence-electron chi connectivity index (χ1n) is 11.1. The molecule has 184 valence electrons. The molecule has 0 aliphatic carbocycles. The summed E-state index contributed by atoms with van der Waals surface area (Å²) >= 11 is 0. The number of phenols is 1. The third-order valence-corrected chi connectivity index (χ3v) is 6.31. The van der Waals surface area contributed by atoms with Crippen LogP contribution in [0.15, 0.2) is 48.5 Å². The summed E-state index contributed by atoms with van der Waals surface area (Å²) in [5.74, 6) is -2.68. The molecule has 0 spiro atoms. The number of methoxy groups -OCH3 is 1. The first-order valence-corrected chi connectivity index (χ1v) is 11.1. The molecular formula is C28H24F2N2O4. The van der Waals surface area contributed by atoms with Crippen LogP contribution in [0, 0.1) is 29.9 Å². The van der Waals surface area contributed by atoms with Gasteiger partial charge in [0.2, 0.25) is 0 Å². The van der Waals surface area contributed by atoms with Crippen LogP contribution in [-0.2, 0) is 5.41 Å². The number of aromatic hydroxyl groups is 1. The Bertz CT molecular complexity index is 1560. The Hall–Kier alpha value is -4.38. The Balaban J connectivity index is 2.23. The number of ether oxygens (including phenoxy) is 1. The van der Waals surface area contributed by atoms with Gasteiger partial charge < -0.3 is 19.5 Å². The summed E-state index contributed by atoms with van der Waals surface area (Å²) in [6.45, 7) is 5.35. The number of phenolic OH excluding ortho intramolecular Hbond substituents is 1. The predicted molar refractivity (Wildman–Crippen MR) is 132 cm³/mol. The summed E-state index contributed by atoms with van der Waals surface area (Å²) in [4.78, 5) is 11.6. The molecular weight excluding hydrogens is 466 g/mol. The van der Waals surface area contributed by atoms with Crippen LogP contribution in [0.2, 0.25) is 0 Å². The fourth-order valence-electron chi connectivity index (χ4n) is 4.68. The minimum absolute atomic E-state index is 0.0257. The lowest BCUT2D eigenvalue weighted by Crippen LogP contribution is -2.22. The van der Waals surface area contributed by atoms with Gasteiger partial charge in [-0.05, 0) is 42.3 Å². The van der Waals surface area contributed by atoms with Crippen molar-refractivity contribution in [1.82, 2.24) is 4.57 Å². The van der Waals surface area contributed by atoms with Crippen molar-refractivity contribution in [2.45, 2.75) is 32.6 Å². The number of nitriles is 1. The van der Waals surface area contributed by atoms with E-state index in [0.29, 0.717) is 39.0 Å². The summed E-state index contributed by atoms with van der Waals surface area (Å²) < 4.78 is 35.7. The second-order valence-electron chi connectivity index (χ2n) is 9.25. The average molecular weight is 491 g/mol. The third kappa shape index (κ3) is 4.03. The lowest BCUT2D eigenvalue weighted by molar-refractivity contribution is 0.0696. The van der Waals surface area contributed by atoms with Gasteiger partial charge in [-0.3, -0.25) is 0 Å². The number of aromatic carboxylic acids is 1. The smallest absolute Gasteiger partial charge is 0.335 e. The number of aromatic nitrogens is 1. The lowest BCUT2D eigenvalue weighted by Gasteiger charge is -2.27. The average Bonchev–Trinajstić information content (AvgIpc) is 3.15.